The van der Waals surface area contributed by atoms with Gasteiger partial charge in [-0.15, -0.1) is 11.3 Å². The molecule has 18 heavy (non-hydrogen) atoms. The third kappa shape index (κ3) is 2.74. The van der Waals surface area contributed by atoms with E-state index in [9.17, 15) is 4.79 Å². The van der Waals surface area contributed by atoms with E-state index >= 15 is 0 Å². The fraction of sp³-hybridized carbons (Fsp3) is 0.615. The smallest absolute Gasteiger partial charge is 0.310 e. The van der Waals surface area contributed by atoms with Gasteiger partial charge in [-0.05, 0) is 32.5 Å². The molecule has 1 aromatic heterocycles. The van der Waals surface area contributed by atoms with Gasteiger partial charge in [0.1, 0.15) is 0 Å². The Labute approximate surface area is 111 Å². The summed E-state index contributed by atoms with van der Waals surface area (Å²) in [5.41, 5.74) is 1.29. The summed E-state index contributed by atoms with van der Waals surface area (Å²) in [7, 11) is 1.97. The number of carbonyl (C=O) groups is 1. The second kappa shape index (κ2) is 5.38. The number of likely N-dealkylation sites (N-methyl/N-ethyl adjacent to an activating group) is 1. The van der Waals surface area contributed by atoms with Crippen molar-refractivity contribution in [1.29, 1.82) is 0 Å². The minimum Gasteiger partial charge on any atom is -0.481 e. The summed E-state index contributed by atoms with van der Waals surface area (Å²) in [6, 6.07) is 2.16. The lowest BCUT2D eigenvalue weighted by Crippen LogP contribution is -2.40. The van der Waals surface area contributed by atoms with Crippen LogP contribution in [0.25, 0.3) is 0 Å². The van der Waals surface area contributed by atoms with E-state index in [-0.39, 0.29) is 6.04 Å². The van der Waals surface area contributed by atoms with Crippen LogP contribution < -0.4 is 0 Å². The van der Waals surface area contributed by atoms with Crippen LogP contribution in [0.3, 0.4) is 0 Å². The van der Waals surface area contributed by atoms with E-state index in [4.69, 9.17) is 9.84 Å². The van der Waals surface area contributed by atoms with E-state index in [0.29, 0.717) is 13.2 Å². The minimum absolute atomic E-state index is 0.0258. The fourth-order valence-electron chi connectivity index (χ4n) is 2.44. The number of hydrogen-bond acceptors (Lipinski definition) is 4. The fourth-order valence-corrected chi connectivity index (χ4v) is 3.38. The van der Waals surface area contributed by atoms with Gasteiger partial charge in [0.15, 0.2) is 0 Å². The SMILES string of the molecule is Cc1cc(CN(C)C2COCC2C(=O)O)c(C)s1. The van der Waals surface area contributed by atoms with Gasteiger partial charge >= 0.3 is 5.97 Å². The van der Waals surface area contributed by atoms with Crippen LogP contribution in [-0.4, -0.2) is 42.3 Å². The van der Waals surface area contributed by atoms with Crippen LogP contribution in [0, 0.1) is 19.8 Å². The number of aliphatic carboxylic acids is 1. The first kappa shape index (κ1) is 13.5. The molecule has 1 fully saturated rings. The van der Waals surface area contributed by atoms with Crippen molar-refractivity contribution in [2.45, 2.75) is 26.4 Å². The zero-order valence-electron chi connectivity index (χ0n) is 11.0. The average molecular weight is 269 g/mol. The maximum absolute atomic E-state index is 11.1. The Morgan fingerprint density at radius 3 is 2.83 bits per heavy atom. The molecule has 0 aliphatic carbocycles. The second-order valence-electron chi connectivity index (χ2n) is 4.90. The lowest BCUT2D eigenvalue weighted by atomic mass is 10.0. The van der Waals surface area contributed by atoms with Crippen molar-refractivity contribution < 1.29 is 14.6 Å². The van der Waals surface area contributed by atoms with Gasteiger partial charge in [0.05, 0.1) is 19.1 Å². The van der Waals surface area contributed by atoms with Gasteiger partial charge < -0.3 is 9.84 Å². The highest BCUT2D eigenvalue weighted by Crippen LogP contribution is 2.25. The van der Waals surface area contributed by atoms with E-state index in [1.165, 1.54) is 15.3 Å². The zero-order chi connectivity index (χ0) is 13.3. The Bertz CT molecular complexity index is 443. The Morgan fingerprint density at radius 2 is 2.28 bits per heavy atom. The van der Waals surface area contributed by atoms with Crippen molar-refractivity contribution in [1.82, 2.24) is 4.90 Å². The Hall–Kier alpha value is -0.910. The summed E-state index contributed by atoms with van der Waals surface area (Å²) >= 11 is 1.79. The van der Waals surface area contributed by atoms with Gasteiger partial charge in [0.2, 0.25) is 0 Å². The maximum atomic E-state index is 11.1. The predicted molar refractivity (Wildman–Crippen MR) is 71.0 cm³/mol. The van der Waals surface area contributed by atoms with E-state index in [1.54, 1.807) is 11.3 Å². The molecule has 0 saturated carbocycles. The molecule has 1 saturated heterocycles. The van der Waals surface area contributed by atoms with Crippen LogP contribution in [0.4, 0.5) is 0 Å². The summed E-state index contributed by atoms with van der Waals surface area (Å²) in [5, 5.41) is 9.15. The maximum Gasteiger partial charge on any atom is 0.310 e. The van der Waals surface area contributed by atoms with Gasteiger partial charge in [-0.2, -0.15) is 0 Å². The van der Waals surface area contributed by atoms with Crippen LogP contribution in [-0.2, 0) is 16.1 Å². The van der Waals surface area contributed by atoms with Gasteiger partial charge in [0.25, 0.3) is 0 Å². The molecule has 0 spiro atoms. The molecule has 0 bridgehead atoms. The van der Waals surface area contributed by atoms with E-state index in [0.717, 1.165) is 6.54 Å². The lowest BCUT2D eigenvalue weighted by molar-refractivity contribution is -0.143. The molecule has 2 heterocycles. The highest BCUT2D eigenvalue weighted by atomic mass is 32.1. The highest BCUT2D eigenvalue weighted by Gasteiger charge is 2.36. The number of ether oxygens (including phenoxy) is 1. The first-order valence-electron chi connectivity index (χ1n) is 6.05. The molecule has 2 rings (SSSR count). The Balaban J connectivity index is 2.05. The number of nitrogens with zero attached hydrogens (tertiary/aromatic N) is 1. The van der Waals surface area contributed by atoms with Crippen molar-refractivity contribution in [3.8, 4) is 0 Å². The zero-order valence-corrected chi connectivity index (χ0v) is 11.8. The average Bonchev–Trinajstić information content (AvgIpc) is 2.86. The summed E-state index contributed by atoms with van der Waals surface area (Å²) in [4.78, 5) is 15.8. The van der Waals surface area contributed by atoms with Crippen LogP contribution >= 0.6 is 11.3 Å². The van der Waals surface area contributed by atoms with Gasteiger partial charge in [-0.3, -0.25) is 9.69 Å². The molecule has 1 aliphatic rings. The second-order valence-corrected chi connectivity index (χ2v) is 6.36. The van der Waals surface area contributed by atoms with Gasteiger partial charge in [0, 0.05) is 22.3 Å². The molecule has 1 aliphatic heterocycles. The molecule has 1 N–H and O–H groups in total. The molecule has 0 aromatic carbocycles. The monoisotopic (exact) mass is 269 g/mol. The third-order valence-electron chi connectivity index (χ3n) is 3.50. The topological polar surface area (TPSA) is 49.8 Å². The first-order chi connectivity index (χ1) is 8.49. The van der Waals surface area contributed by atoms with E-state index < -0.39 is 11.9 Å². The number of carboxylic acid groups (broad SMARTS) is 1. The quantitative estimate of drug-likeness (QED) is 0.907. The molecule has 1 aromatic rings. The van der Waals surface area contributed by atoms with E-state index in [1.807, 2.05) is 7.05 Å². The van der Waals surface area contributed by atoms with Crippen molar-refractivity contribution in [2.24, 2.45) is 5.92 Å². The van der Waals surface area contributed by atoms with Crippen molar-refractivity contribution in [3.63, 3.8) is 0 Å². The Morgan fingerprint density at radius 1 is 1.56 bits per heavy atom. The Kier molecular flexibility index (Phi) is 4.04. The normalized spacial score (nSPS) is 23.8. The first-order valence-corrected chi connectivity index (χ1v) is 6.87. The van der Waals surface area contributed by atoms with Crippen LogP contribution in [0.1, 0.15) is 15.3 Å². The molecule has 100 valence electrons. The molecule has 2 atom stereocenters. The largest absolute Gasteiger partial charge is 0.481 e. The predicted octanol–water partition coefficient (Wildman–Crippen LogP) is 1.90. The van der Waals surface area contributed by atoms with Crippen LogP contribution in [0.5, 0.6) is 0 Å². The molecule has 2 unspecified atom stereocenters. The molecule has 0 amide bonds. The van der Waals surface area contributed by atoms with E-state index in [2.05, 4.69) is 24.8 Å². The summed E-state index contributed by atoms with van der Waals surface area (Å²) < 4.78 is 5.31. The summed E-state index contributed by atoms with van der Waals surface area (Å²) in [6.45, 7) is 5.83. The van der Waals surface area contributed by atoms with Crippen LogP contribution in [0.15, 0.2) is 6.07 Å². The van der Waals surface area contributed by atoms with Crippen molar-refractivity contribution >= 4 is 17.3 Å². The van der Waals surface area contributed by atoms with Gasteiger partial charge in [-0.25, -0.2) is 0 Å². The molecule has 0 radical (unpaired) electrons. The molecule has 5 heteroatoms. The van der Waals surface area contributed by atoms with Crippen molar-refractivity contribution in [2.75, 3.05) is 20.3 Å². The third-order valence-corrected chi connectivity index (χ3v) is 4.51. The highest BCUT2D eigenvalue weighted by molar-refractivity contribution is 7.12. The molecule has 4 nitrogen and oxygen atoms in total. The summed E-state index contributed by atoms with van der Waals surface area (Å²) in [5.74, 6) is -1.17. The molecular formula is C13H19NO3S. The van der Waals surface area contributed by atoms with Gasteiger partial charge in [-0.1, -0.05) is 0 Å². The van der Waals surface area contributed by atoms with Crippen molar-refractivity contribution in [3.05, 3.63) is 21.4 Å². The number of rotatable bonds is 4. The number of hydrogen-bond donors (Lipinski definition) is 1. The standard InChI is InChI=1S/C13H19NO3S/c1-8-4-10(9(2)18-8)5-14(3)12-7-17-6-11(12)13(15)16/h4,11-12H,5-7H2,1-3H3,(H,15,16). The number of thiophene rings is 1. The number of aryl methyl sites for hydroxylation is 2. The number of carboxylic acids is 1. The molecular weight excluding hydrogens is 250 g/mol. The minimum atomic E-state index is -0.762. The lowest BCUT2D eigenvalue weighted by Gasteiger charge is -2.26. The van der Waals surface area contributed by atoms with Crippen LogP contribution in [0.2, 0.25) is 0 Å². The summed E-state index contributed by atoms with van der Waals surface area (Å²) in [6.07, 6.45) is 0.